The highest BCUT2D eigenvalue weighted by molar-refractivity contribution is 6.18. The first-order valence-electron chi connectivity index (χ1n) is 6.09. The summed E-state index contributed by atoms with van der Waals surface area (Å²) in [4.78, 5) is 0. The summed E-state index contributed by atoms with van der Waals surface area (Å²) in [5.74, 6) is 0.599. The molecule has 96 valence electrons. The molecule has 1 N–H and O–H groups in total. The third-order valence-electron chi connectivity index (χ3n) is 2.85. The fourth-order valence-corrected chi connectivity index (χ4v) is 2.10. The third-order valence-corrected chi connectivity index (χ3v) is 3.22. The van der Waals surface area contributed by atoms with Gasteiger partial charge < -0.3 is 5.32 Å². The van der Waals surface area contributed by atoms with Crippen molar-refractivity contribution in [2.45, 2.75) is 19.0 Å². The van der Waals surface area contributed by atoms with Gasteiger partial charge in [-0.05, 0) is 18.1 Å². The van der Waals surface area contributed by atoms with Gasteiger partial charge in [-0.15, -0.1) is 11.6 Å². The molecule has 0 radical (unpaired) electrons. The number of nitrogens with zero attached hydrogens (tertiary/aromatic N) is 2. The maximum atomic E-state index is 6.00. The van der Waals surface area contributed by atoms with Crippen molar-refractivity contribution < 1.29 is 0 Å². The quantitative estimate of drug-likeness (QED) is 0.811. The molecule has 0 saturated heterocycles. The Morgan fingerprint density at radius 3 is 2.67 bits per heavy atom. The molecule has 2 rings (SSSR count). The van der Waals surface area contributed by atoms with Crippen LogP contribution in [-0.2, 0) is 20.0 Å². The maximum Gasteiger partial charge on any atom is 0.0762 e. The summed E-state index contributed by atoms with van der Waals surface area (Å²) in [6, 6.07) is 12.7. The highest BCUT2D eigenvalue weighted by atomic mass is 35.5. The highest BCUT2D eigenvalue weighted by Gasteiger charge is 2.08. The predicted octanol–water partition coefficient (Wildman–Crippen LogP) is 2.36. The Labute approximate surface area is 113 Å². The average Bonchev–Trinajstić information content (AvgIpc) is 2.81. The molecule has 1 aromatic heterocycles. The van der Waals surface area contributed by atoms with Gasteiger partial charge >= 0.3 is 0 Å². The SMILES string of the molecule is Cn1ccc(CNC(CCl)Cc2ccccc2)n1. The Morgan fingerprint density at radius 1 is 1.28 bits per heavy atom. The molecule has 0 aliphatic carbocycles. The van der Waals surface area contributed by atoms with Crippen LogP contribution < -0.4 is 5.32 Å². The van der Waals surface area contributed by atoms with Gasteiger partial charge in [0.1, 0.15) is 0 Å². The summed E-state index contributed by atoms with van der Waals surface area (Å²) in [5.41, 5.74) is 2.34. The zero-order valence-electron chi connectivity index (χ0n) is 10.5. The second kappa shape index (κ2) is 6.57. The Balaban J connectivity index is 1.86. The van der Waals surface area contributed by atoms with E-state index in [1.54, 1.807) is 0 Å². The van der Waals surface area contributed by atoms with Crippen LogP contribution in [0, 0.1) is 0 Å². The molecule has 0 amide bonds. The predicted molar refractivity (Wildman–Crippen MR) is 74.7 cm³/mol. The minimum atomic E-state index is 0.274. The number of aromatic nitrogens is 2. The number of aryl methyl sites for hydroxylation is 1. The molecule has 1 unspecified atom stereocenters. The molecule has 0 bridgehead atoms. The van der Waals surface area contributed by atoms with Crippen LogP contribution in [0.5, 0.6) is 0 Å². The molecule has 4 heteroatoms. The molecule has 2 aromatic rings. The second-order valence-corrected chi connectivity index (χ2v) is 4.71. The fraction of sp³-hybridized carbons (Fsp3) is 0.357. The maximum absolute atomic E-state index is 6.00. The lowest BCUT2D eigenvalue weighted by atomic mass is 10.1. The first kappa shape index (κ1) is 13.1. The van der Waals surface area contributed by atoms with Gasteiger partial charge in [0, 0.05) is 31.7 Å². The molecule has 0 spiro atoms. The minimum Gasteiger partial charge on any atom is -0.307 e. The second-order valence-electron chi connectivity index (χ2n) is 4.40. The van der Waals surface area contributed by atoms with E-state index in [1.165, 1.54) is 5.56 Å². The van der Waals surface area contributed by atoms with E-state index in [0.717, 1.165) is 18.7 Å². The first-order chi connectivity index (χ1) is 8.78. The normalized spacial score (nSPS) is 12.6. The topological polar surface area (TPSA) is 29.9 Å². The zero-order valence-corrected chi connectivity index (χ0v) is 11.3. The number of alkyl halides is 1. The van der Waals surface area contributed by atoms with Gasteiger partial charge in [0.2, 0.25) is 0 Å². The molecular weight excluding hydrogens is 246 g/mol. The van der Waals surface area contributed by atoms with E-state index in [4.69, 9.17) is 11.6 Å². The van der Waals surface area contributed by atoms with Crippen LogP contribution in [0.4, 0.5) is 0 Å². The lowest BCUT2D eigenvalue weighted by Gasteiger charge is -2.15. The molecule has 0 aliphatic heterocycles. The Morgan fingerprint density at radius 2 is 2.06 bits per heavy atom. The van der Waals surface area contributed by atoms with E-state index in [1.807, 2.05) is 30.1 Å². The monoisotopic (exact) mass is 263 g/mol. The number of halogens is 1. The van der Waals surface area contributed by atoms with Crippen molar-refractivity contribution in [2.24, 2.45) is 7.05 Å². The lowest BCUT2D eigenvalue weighted by molar-refractivity contribution is 0.540. The highest BCUT2D eigenvalue weighted by Crippen LogP contribution is 2.05. The molecule has 18 heavy (non-hydrogen) atoms. The van der Waals surface area contributed by atoms with Crippen LogP contribution in [0.15, 0.2) is 42.6 Å². The minimum absolute atomic E-state index is 0.274. The molecular formula is C14H18ClN3. The van der Waals surface area contributed by atoms with Gasteiger partial charge in [0.05, 0.1) is 5.69 Å². The van der Waals surface area contributed by atoms with Crippen molar-refractivity contribution in [3.63, 3.8) is 0 Å². The van der Waals surface area contributed by atoms with Gasteiger partial charge in [0.25, 0.3) is 0 Å². The molecule has 0 aliphatic rings. The van der Waals surface area contributed by atoms with Crippen molar-refractivity contribution in [1.29, 1.82) is 0 Å². The summed E-state index contributed by atoms with van der Waals surface area (Å²) in [5, 5.41) is 7.77. The summed E-state index contributed by atoms with van der Waals surface area (Å²) < 4.78 is 1.81. The van der Waals surface area contributed by atoms with E-state index >= 15 is 0 Å². The van der Waals surface area contributed by atoms with Crippen LogP contribution in [0.25, 0.3) is 0 Å². The largest absolute Gasteiger partial charge is 0.307 e. The van der Waals surface area contributed by atoms with Crippen LogP contribution >= 0.6 is 11.6 Å². The van der Waals surface area contributed by atoms with Gasteiger partial charge in [-0.25, -0.2) is 0 Å². The van der Waals surface area contributed by atoms with Crippen LogP contribution in [0.2, 0.25) is 0 Å². The summed E-state index contributed by atoms with van der Waals surface area (Å²) >= 11 is 6.00. The van der Waals surface area contributed by atoms with Crippen molar-refractivity contribution >= 4 is 11.6 Å². The third kappa shape index (κ3) is 3.86. The van der Waals surface area contributed by atoms with Gasteiger partial charge in [-0.2, -0.15) is 5.10 Å². The molecule has 0 fully saturated rings. The lowest BCUT2D eigenvalue weighted by Crippen LogP contribution is -2.32. The molecule has 0 saturated carbocycles. The Kier molecular flexibility index (Phi) is 4.79. The number of rotatable bonds is 6. The van der Waals surface area contributed by atoms with Gasteiger partial charge in [0.15, 0.2) is 0 Å². The molecule has 3 nitrogen and oxygen atoms in total. The molecule has 1 heterocycles. The van der Waals surface area contributed by atoms with E-state index in [0.29, 0.717) is 5.88 Å². The fourth-order valence-electron chi connectivity index (χ4n) is 1.89. The van der Waals surface area contributed by atoms with Gasteiger partial charge in [-0.3, -0.25) is 4.68 Å². The van der Waals surface area contributed by atoms with Crippen LogP contribution in [-0.4, -0.2) is 21.7 Å². The van der Waals surface area contributed by atoms with E-state index < -0.39 is 0 Å². The van der Waals surface area contributed by atoms with Gasteiger partial charge in [-0.1, -0.05) is 30.3 Å². The first-order valence-corrected chi connectivity index (χ1v) is 6.63. The molecule has 1 aromatic carbocycles. The Hall–Kier alpha value is -1.32. The van der Waals surface area contributed by atoms with E-state index in [-0.39, 0.29) is 6.04 Å². The standard InChI is InChI=1S/C14H18ClN3/c1-18-8-7-13(17-18)11-16-14(10-15)9-12-5-3-2-4-6-12/h2-8,14,16H,9-11H2,1H3. The summed E-state index contributed by atoms with van der Waals surface area (Å²) in [6.45, 7) is 0.755. The summed E-state index contributed by atoms with van der Waals surface area (Å²) in [6.07, 6.45) is 2.89. The van der Waals surface area contributed by atoms with Crippen molar-refractivity contribution in [3.05, 3.63) is 53.9 Å². The van der Waals surface area contributed by atoms with Crippen LogP contribution in [0.1, 0.15) is 11.3 Å². The van der Waals surface area contributed by atoms with Crippen molar-refractivity contribution in [1.82, 2.24) is 15.1 Å². The number of benzene rings is 1. The van der Waals surface area contributed by atoms with Crippen LogP contribution in [0.3, 0.4) is 0 Å². The Bertz CT molecular complexity index is 467. The summed E-state index contributed by atoms with van der Waals surface area (Å²) in [7, 11) is 1.92. The van der Waals surface area contributed by atoms with E-state index in [2.05, 4.69) is 34.7 Å². The number of hydrogen-bond acceptors (Lipinski definition) is 2. The van der Waals surface area contributed by atoms with Crippen molar-refractivity contribution in [3.8, 4) is 0 Å². The zero-order chi connectivity index (χ0) is 12.8. The van der Waals surface area contributed by atoms with E-state index in [9.17, 15) is 0 Å². The number of hydrogen-bond donors (Lipinski definition) is 1. The average molecular weight is 264 g/mol. The smallest absolute Gasteiger partial charge is 0.0762 e. The van der Waals surface area contributed by atoms with Crippen molar-refractivity contribution in [2.75, 3.05) is 5.88 Å². The number of nitrogens with one attached hydrogen (secondary N) is 1. The molecule has 1 atom stereocenters.